The number of carboxylic acids is 1. The summed E-state index contributed by atoms with van der Waals surface area (Å²) in [5.41, 5.74) is -0.125. The van der Waals surface area contributed by atoms with Gasteiger partial charge in [0.25, 0.3) is 0 Å². The third kappa shape index (κ3) is 2.83. The van der Waals surface area contributed by atoms with Gasteiger partial charge in [-0.15, -0.1) is 0 Å². The fourth-order valence-corrected chi connectivity index (χ4v) is 7.90. The fraction of sp³-hybridized carbons (Fsp3) is 0.750. The molecule has 4 aliphatic carbocycles. The lowest BCUT2D eigenvalue weighted by Crippen LogP contribution is -2.54. The van der Waals surface area contributed by atoms with Crippen LogP contribution >= 0.6 is 0 Å². The summed E-state index contributed by atoms with van der Waals surface area (Å²) in [5, 5.41) is 28.7. The van der Waals surface area contributed by atoms with Gasteiger partial charge in [-0.05, 0) is 80.3 Å². The van der Waals surface area contributed by atoms with E-state index in [2.05, 4.69) is 20.8 Å². The Balaban J connectivity index is 1.70. The van der Waals surface area contributed by atoms with E-state index in [9.17, 15) is 24.9 Å². The Morgan fingerprint density at radius 1 is 1.20 bits per heavy atom. The number of carboxylic acid groups (broad SMARTS) is 1. The van der Waals surface area contributed by atoms with E-state index in [-0.39, 0.29) is 22.4 Å². The molecule has 0 saturated heterocycles. The van der Waals surface area contributed by atoms with E-state index >= 15 is 0 Å². The fourth-order valence-electron chi connectivity index (χ4n) is 7.90. The first-order valence-corrected chi connectivity index (χ1v) is 11.3. The van der Waals surface area contributed by atoms with Crippen molar-refractivity contribution in [1.82, 2.24) is 0 Å². The molecule has 3 saturated carbocycles. The van der Waals surface area contributed by atoms with Crippen molar-refractivity contribution in [3.63, 3.8) is 0 Å². The van der Waals surface area contributed by atoms with E-state index in [1.807, 2.05) is 0 Å². The maximum absolute atomic E-state index is 12.5. The van der Waals surface area contributed by atoms with Gasteiger partial charge in [0.15, 0.2) is 5.76 Å². The molecule has 3 unspecified atom stereocenters. The monoisotopic (exact) mass is 418 g/mol. The smallest absolute Gasteiger partial charge is 0.310 e. The Bertz CT molecular complexity index is 813. The highest BCUT2D eigenvalue weighted by molar-refractivity contribution is 6.04. The van der Waals surface area contributed by atoms with Crippen LogP contribution in [0.25, 0.3) is 0 Å². The number of carbonyl (C=O) groups is 2. The molecule has 6 atom stereocenters. The van der Waals surface area contributed by atoms with Crippen LogP contribution in [0.4, 0.5) is 0 Å². The molecular formula is C24H34O6. The highest BCUT2D eigenvalue weighted by Crippen LogP contribution is 2.70. The van der Waals surface area contributed by atoms with Crippen LogP contribution in [0, 0.1) is 34.0 Å². The van der Waals surface area contributed by atoms with Gasteiger partial charge in [-0.2, -0.15) is 0 Å². The molecule has 3 N–H and O–H groups in total. The minimum Gasteiger partial charge on any atom is -0.481 e. The van der Waals surface area contributed by atoms with Gasteiger partial charge in [-0.1, -0.05) is 32.8 Å². The molecular weight excluding hydrogens is 384 g/mol. The molecule has 0 radical (unpaired) electrons. The van der Waals surface area contributed by atoms with Crippen LogP contribution in [0.2, 0.25) is 0 Å². The number of carbonyl (C=O) groups excluding carboxylic acids is 1. The Hall–Kier alpha value is -1.66. The zero-order chi connectivity index (χ0) is 21.9. The first kappa shape index (κ1) is 21.6. The van der Waals surface area contributed by atoms with Crippen LogP contribution in [0.15, 0.2) is 23.5 Å². The summed E-state index contributed by atoms with van der Waals surface area (Å²) in [6, 6.07) is 0. The van der Waals surface area contributed by atoms with Crippen molar-refractivity contribution < 1.29 is 29.6 Å². The van der Waals surface area contributed by atoms with Crippen molar-refractivity contribution in [1.29, 1.82) is 0 Å². The Morgan fingerprint density at radius 3 is 2.53 bits per heavy atom. The number of rotatable bonds is 5. The summed E-state index contributed by atoms with van der Waals surface area (Å²) in [4.78, 5) is 24.9. The molecule has 0 amide bonds. The number of ketones is 1. The molecule has 4 aliphatic rings. The highest BCUT2D eigenvalue weighted by atomic mass is 16.7. The predicted molar refractivity (Wildman–Crippen MR) is 110 cm³/mol. The Morgan fingerprint density at radius 2 is 1.90 bits per heavy atom. The molecule has 0 aromatic carbocycles. The van der Waals surface area contributed by atoms with E-state index < -0.39 is 17.9 Å². The summed E-state index contributed by atoms with van der Waals surface area (Å²) in [5.74, 6) is 0.103. The molecule has 30 heavy (non-hydrogen) atoms. The molecule has 0 aliphatic heterocycles. The second kappa shape index (κ2) is 7.20. The van der Waals surface area contributed by atoms with Crippen LogP contribution in [0.5, 0.6) is 0 Å². The van der Waals surface area contributed by atoms with Gasteiger partial charge >= 0.3 is 12.4 Å². The number of fused-ring (bicyclic) bond motifs is 5. The summed E-state index contributed by atoms with van der Waals surface area (Å²) in [6.45, 7) is 4.40. The van der Waals surface area contributed by atoms with Gasteiger partial charge in [0.1, 0.15) is 0 Å². The first-order chi connectivity index (χ1) is 14.1. The first-order valence-electron chi connectivity index (χ1n) is 11.3. The molecule has 4 rings (SSSR count). The maximum atomic E-state index is 12.5. The third-order valence-corrected chi connectivity index (χ3v) is 9.31. The quantitative estimate of drug-likeness (QED) is 0.587. The number of aliphatic hydroxyl groups excluding tert-OH is 1. The van der Waals surface area contributed by atoms with Crippen molar-refractivity contribution in [2.45, 2.75) is 78.6 Å². The van der Waals surface area contributed by atoms with E-state index in [1.165, 1.54) is 0 Å². The molecule has 0 aromatic heterocycles. The van der Waals surface area contributed by atoms with E-state index in [0.29, 0.717) is 17.8 Å². The second-order valence-electron chi connectivity index (χ2n) is 10.3. The van der Waals surface area contributed by atoms with Gasteiger partial charge in [0.2, 0.25) is 5.78 Å². The van der Waals surface area contributed by atoms with Crippen molar-refractivity contribution in [2.75, 3.05) is 0 Å². The summed E-state index contributed by atoms with van der Waals surface area (Å²) >= 11 is 0. The van der Waals surface area contributed by atoms with Gasteiger partial charge < -0.3 is 20.1 Å². The lowest BCUT2D eigenvalue weighted by molar-refractivity contribution is -0.213. The molecule has 6 heteroatoms. The van der Waals surface area contributed by atoms with E-state index in [1.54, 1.807) is 12.2 Å². The second-order valence-corrected chi connectivity index (χ2v) is 10.3. The van der Waals surface area contributed by atoms with Gasteiger partial charge in [0, 0.05) is 5.41 Å². The zero-order valence-electron chi connectivity index (χ0n) is 18.2. The lowest BCUT2D eigenvalue weighted by Gasteiger charge is -2.58. The Labute approximate surface area is 178 Å². The summed E-state index contributed by atoms with van der Waals surface area (Å²) in [6.07, 6.45) is 10.3. The van der Waals surface area contributed by atoms with Crippen LogP contribution in [0.3, 0.4) is 0 Å². The molecule has 0 aromatic rings. The van der Waals surface area contributed by atoms with E-state index in [4.69, 9.17) is 4.74 Å². The maximum Gasteiger partial charge on any atom is 0.310 e. The van der Waals surface area contributed by atoms with E-state index in [0.717, 1.165) is 56.9 Å². The van der Waals surface area contributed by atoms with Gasteiger partial charge in [-0.25, -0.2) is 0 Å². The normalized spacial score (nSPS) is 42.7. The lowest BCUT2D eigenvalue weighted by atomic mass is 9.45. The Kier molecular flexibility index (Phi) is 5.17. The highest BCUT2D eigenvalue weighted by Gasteiger charge is 2.66. The largest absolute Gasteiger partial charge is 0.481 e. The average Bonchev–Trinajstić information content (AvgIpc) is 2.96. The summed E-state index contributed by atoms with van der Waals surface area (Å²) in [7, 11) is 0. The minimum absolute atomic E-state index is 0.00234. The number of hydrogen-bond acceptors (Lipinski definition) is 5. The van der Waals surface area contributed by atoms with Crippen molar-refractivity contribution in [3.05, 3.63) is 23.5 Å². The molecule has 6 nitrogen and oxygen atoms in total. The molecule has 0 heterocycles. The number of allylic oxidation sites excluding steroid dienone is 3. The summed E-state index contributed by atoms with van der Waals surface area (Å²) < 4.78 is 5.00. The molecule has 0 spiro atoms. The molecule has 0 bridgehead atoms. The van der Waals surface area contributed by atoms with Crippen molar-refractivity contribution in [2.24, 2.45) is 34.0 Å². The van der Waals surface area contributed by atoms with Crippen molar-refractivity contribution in [3.8, 4) is 0 Å². The predicted octanol–water partition coefficient (Wildman–Crippen LogP) is 3.78. The molecule has 166 valence electrons. The van der Waals surface area contributed by atoms with Crippen LogP contribution in [-0.4, -0.2) is 33.5 Å². The zero-order valence-corrected chi connectivity index (χ0v) is 18.2. The topological polar surface area (TPSA) is 104 Å². The third-order valence-electron chi connectivity index (χ3n) is 9.31. The SMILES string of the molecule is CCC[C@]1(C(=O)O)CCC2C3CCC4=CC(=O)C(OC(O)O)=C[C@]4(C)C3CC[C@@]21C. The van der Waals surface area contributed by atoms with Gasteiger partial charge in [-0.3, -0.25) is 9.59 Å². The number of aliphatic carboxylic acids is 1. The average molecular weight is 419 g/mol. The van der Waals surface area contributed by atoms with Gasteiger partial charge in [0.05, 0.1) is 5.41 Å². The van der Waals surface area contributed by atoms with Crippen molar-refractivity contribution >= 4 is 11.8 Å². The number of aliphatic hydroxyl groups is 2. The minimum atomic E-state index is -2.02. The van der Waals surface area contributed by atoms with Crippen LogP contribution in [0.1, 0.15) is 72.1 Å². The number of hydrogen-bond donors (Lipinski definition) is 3. The molecule has 3 fully saturated rings. The van der Waals surface area contributed by atoms with Crippen LogP contribution in [-0.2, 0) is 14.3 Å². The standard InChI is InChI=1S/C24H34O6/c1-4-9-24(20(26)27)11-8-17-15-6-5-14-12-18(25)19(30-21(28)29)13-22(14,2)16(15)7-10-23(17,24)3/h12-13,15-17,21,28-29H,4-11H2,1-3H3,(H,26,27)/t15?,16?,17?,22-,23-,24+/m0/s1. The number of ether oxygens (including phenoxy) is 1. The van der Waals surface area contributed by atoms with Crippen LogP contribution < -0.4 is 0 Å².